The molecule has 0 aromatic heterocycles. The average Bonchev–Trinajstić information content (AvgIpc) is 2.80. The fourth-order valence-electron chi connectivity index (χ4n) is 3.97. The molecule has 1 amide bonds. The third-order valence-electron chi connectivity index (χ3n) is 5.82. The Morgan fingerprint density at radius 1 is 1.12 bits per heavy atom. The van der Waals surface area contributed by atoms with Crippen LogP contribution >= 0.6 is 11.6 Å². The number of hydrogen-bond donors (Lipinski definition) is 1. The summed E-state index contributed by atoms with van der Waals surface area (Å²) in [6.07, 6.45) is 0.951. The van der Waals surface area contributed by atoms with E-state index in [0.717, 1.165) is 34.5 Å². The highest BCUT2D eigenvalue weighted by molar-refractivity contribution is 6.30. The van der Waals surface area contributed by atoms with Crippen molar-refractivity contribution in [1.29, 1.82) is 0 Å². The van der Waals surface area contributed by atoms with Gasteiger partial charge in [0, 0.05) is 10.7 Å². The van der Waals surface area contributed by atoms with E-state index in [9.17, 15) is 9.90 Å². The van der Waals surface area contributed by atoms with Crippen LogP contribution in [-0.4, -0.2) is 24.2 Å². The topological polar surface area (TPSA) is 59.0 Å². The van der Waals surface area contributed by atoms with Crippen molar-refractivity contribution in [1.82, 2.24) is 0 Å². The maximum atomic E-state index is 13.3. The number of carbonyl (C=O) groups is 1. The predicted octanol–water partition coefficient (Wildman–Crippen LogP) is 5.91. The number of halogens is 1. The summed E-state index contributed by atoms with van der Waals surface area (Å²) >= 11 is 6.14. The van der Waals surface area contributed by atoms with Crippen molar-refractivity contribution in [2.45, 2.75) is 38.8 Å². The summed E-state index contributed by atoms with van der Waals surface area (Å²) in [6.45, 7) is 3.99. The minimum absolute atomic E-state index is 0.0455. The summed E-state index contributed by atoms with van der Waals surface area (Å²) in [5.74, 6) is 1.12. The van der Waals surface area contributed by atoms with Gasteiger partial charge in [0.2, 0.25) is 5.91 Å². The Hall–Kier alpha value is -3.18. The minimum Gasteiger partial charge on any atom is -0.504 e. The molecular weight excluding hydrogens is 426 g/mol. The Bertz CT molecular complexity index is 1110. The number of methoxy groups -OCH3 is 1. The van der Waals surface area contributed by atoms with Gasteiger partial charge in [-0.25, -0.2) is 0 Å². The molecule has 3 aromatic carbocycles. The lowest BCUT2D eigenvalue weighted by Crippen LogP contribution is -2.41. The Morgan fingerprint density at radius 3 is 2.44 bits per heavy atom. The van der Waals surface area contributed by atoms with Crippen LogP contribution < -0.4 is 14.4 Å². The van der Waals surface area contributed by atoms with Crippen LogP contribution in [0, 0.1) is 0 Å². The number of carbonyl (C=O) groups excluding carboxylic acids is 1. The second-order valence-corrected chi connectivity index (χ2v) is 8.38. The average molecular weight is 452 g/mol. The SMILES string of the molecule is CC[C@@H](C)Oc1cc2c(cc1O)CC(=O)N(c1ccc(OC)cc1)C2c1ccc(Cl)cc1. The summed E-state index contributed by atoms with van der Waals surface area (Å²) in [4.78, 5) is 15.1. The molecule has 0 aliphatic carbocycles. The largest absolute Gasteiger partial charge is 0.504 e. The zero-order valence-electron chi connectivity index (χ0n) is 18.3. The Balaban J connectivity index is 1.87. The monoisotopic (exact) mass is 451 g/mol. The molecule has 2 atom stereocenters. The second-order valence-electron chi connectivity index (χ2n) is 7.95. The van der Waals surface area contributed by atoms with Crippen molar-refractivity contribution in [3.05, 3.63) is 82.4 Å². The van der Waals surface area contributed by atoms with Crippen LogP contribution in [0.25, 0.3) is 0 Å². The Labute approximate surface area is 193 Å². The van der Waals surface area contributed by atoms with Gasteiger partial charge in [-0.1, -0.05) is 30.7 Å². The first-order chi connectivity index (χ1) is 15.4. The van der Waals surface area contributed by atoms with Gasteiger partial charge in [-0.15, -0.1) is 0 Å². The van der Waals surface area contributed by atoms with Crippen molar-refractivity contribution >= 4 is 23.2 Å². The van der Waals surface area contributed by atoms with Crippen LogP contribution in [-0.2, 0) is 11.2 Å². The molecule has 0 saturated heterocycles. The quantitative estimate of drug-likeness (QED) is 0.506. The highest BCUT2D eigenvalue weighted by Gasteiger charge is 2.36. The van der Waals surface area contributed by atoms with E-state index in [1.807, 2.05) is 68.4 Å². The number of nitrogens with zero attached hydrogens (tertiary/aromatic N) is 1. The highest BCUT2D eigenvalue weighted by atomic mass is 35.5. The number of phenolic OH excluding ortho intramolecular Hbond substituents is 1. The summed E-state index contributed by atoms with van der Waals surface area (Å²) in [7, 11) is 1.61. The predicted molar refractivity (Wildman–Crippen MR) is 126 cm³/mol. The smallest absolute Gasteiger partial charge is 0.232 e. The summed E-state index contributed by atoms with van der Waals surface area (Å²) in [5.41, 5.74) is 3.38. The number of amides is 1. The molecule has 32 heavy (non-hydrogen) atoms. The number of phenols is 1. The van der Waals surface area contributed by atoms with E-state index in [2.05, 4.69) is 0 Å². The lowest BCUT2D eigenvalue weighted by atomic mass is 9.87. The molecule has 6 heteroatoms. The van der Waals surface area contributed by atoms with Gasteiger partial charge in [-0.2, -0.15) is 0 Å². The van der Waals surface area contributed by atoms with Crippen molar-refractivity contribution in [2.75, 3.05) is 12.0 Å². The van der Waals surface area contributed by atoms with Crippen molar-refractivity contribution in [3.8, 4) is 17.2 Å². The molecule has 5 nitrogen and oxygen atoms in total. The molecule has 0 bridgehead atoms. The third kappa shape index (κ3) is 4.26. The van der Waals surface area contributed by atoms with E-state index in [1.54, 1.807) is 18.1 Å². The maximum Gasteiger partial charge on any atom is 0.232 e. The summed E-state index contributed by atoms with van der Waals surface area (Å²) < 4.78 is 11.2. The highest BCUT2D eigenvalue weighted by Crippen LogP contribution is 2.43. The molecule has 1 aliphatic heterocycles. The minimum atomic E-state index is -0.392. The molecule has 4 rings (SSSR count). The van der Waals surface area contributed by atoms with Gasteiger partial charge in [0.15, 0.2) is 11.5 Å². The van der Waals surface area contributed by atoms with Gasteiger partial charge in [0.05, 0.1) is 25.7 Å². The maximum absolute atomic E-state index is 13.3. The lowest BCUT2D eigenvalue weighted by Gasteiger charge is -2.38. The molecule has 3 aromatic rings. The van der Waals surface area contributed by atoms with E-state index in [1.165, 1.54) is 0 Å². The van der Waals surface area contributed by atoms with Gasteiger partial charge >= 0.3 is 0 Å². The molecule has 1 N–H and O–H groups in total. The number of benzene rings is 3. The summed E-state index contributed by atoms with van der Waals surface area (Å²) in [5, 5.41) is 11.2. The number of hydrogen-bond acceptors (Lipinski definition) is 4. The van der Waals surface area contributed by atoms with Crippen molar-refractivity contribution < 1.29 is 19.4 Å². The normalized spacial score (nSPS) is 16.4. The zero-order chi connectivity index (χ0) is 22.8. The fraction of sp³-hybridized carbons (Fsp3) is 0.269. The van der Waals surface area contributed by atoms with Crippen molar-refractivity contribution in [3.63, 3.8) is 0 Å². The first-order valence-electron chi connectivity index (χ1n) is 10.6. The number of anilines is 1. The van der Waals surface area contributed by atoms with Gasteiger partial charge in [-0.05, 0) is 78.6 Å². The fourth-order valence-corrected chi connectivity index (χ4v) is 4.10. The lowest BCUT2D eigenvalue weighted by molar-refractivity contribution is -0.118. The summed E-state index contributed by atoms with van der Waals surface area (Å²) in [6, 6.07) is 18.0. The molecule has 1 heterocycles. The molecule has 1 aliphatic rings. The number of fused-ring (bicyclic) bond motifs is 1. The third-order valence-corrected chi connectivity index (χ3v) is 6.08. The van der Waals surface area contributed by atoms with Crippen LogP contribution in [0.1, 0.15) is 43.0 Å². The molecule has 1 unspecified atom stereocenters. The van der Waals surface area contributed by atoms with Gasteiger partial charge in [0.1, 0.15) is 5.75 Å². The van der Waals surface area contributed by atoms with E-state index < -0.39 is 6.04 Å². The first-order valence-corrected chi connectivity index (χ1v) is 11.0. The molecule has 0 saturated carbocycles. The van der Waals surface area contributed by atoms with Crippen LogP contribution in [0.5, 0.6) is 17.2 Å². The number of ether oxygens (including phenoxy) is 2. The first kappa shape index (κ1) is 22.0. The van der Waals surface area contributed by atoms with Crippen LogP contribution in [0.3, 0.4) is 0 Å². The van der Waals surface area contributed by atoms with E-state index in [-0.39, 0.29) is 24.2 Å². The standard InChI is InChI=1S/C26H26ClNO4/c1-4-16(2)32-24-15-22-18(13-23(24)29)14-25(30)28(20-9-11-21(31-3)12-10-20)26(22)17-5-7-19(27)8-6-17/h5-13,15-16,26,29H,4,14H2,1-3H3/t16-,26?/m1/s1. The van der Waals surface area contributed by atoms with Gasteiger partial charge in [-0.3, -0.25) is 4.79 Å². The number of aromatic hydroxyl groups is 1. The molecule has 0 radical (unpaired) electrons. The van der Waals surface area contributed by atoms with E-state index in [4.69, 9.17) is 21.1 Å². The van der Waals surface area contributed by atoms with Gasteiger partial charge < -0.3 is 19.5 Å². The zero-order valence-corrected chi connectivity index (χ0v) is 19.1. The van der Waals surface area contributed by atoms with Crippen molar-refractivity contribution in [2.24, 2.45) is 0 Å². The van der Waals surface area contributed by atoms with Crippen LogP contribution in [0.15, 0.2) is 60.7 Å². The Kier molecular flexibility index (Phi) is 6.28. The van der Waals surface area contributed by atoms with Crippen LogP contribution in [0.2, 0.25) is 5.02 Å². The number of rotatable bonds is 6. The van der Waals surface area contributed by atoms with Crippen LogP contribution in [0.4, 0.5) is 5.69 Å². The second kappa shape index (κ2) is 9.13. The molecule has 0 fully saturated rings. The Morgan fingerprint density at radius 2 is 1.81 bits per heavy atom. The van der Waals surface area contributed by atoms with E-state index in [0.29, 0.717) is 10.8 Å². The molecule has 0 spiro atoms. The van der Waals surface area contributed by atoms with E-state index >= 15 is 0 Å². The van der Waals surface area contributed by atoms with Gasteiger partial charge in [0.25, 0.3) is 0 Å². The molecular formula is C26H26ClNO4. The molecule has 166 valence electrons.